The number of benzene rings is 1. The number of hydrogen-bond acceptors (Lipinski definition) is 4. The zero-order valence-electron chi connectivity index (χ0n) is 16.5. The molecule has 3 heterocycles. The van der Waals surface area contributed by atoms with Crippen molar-refractivity contribution in [2.24, 2.45) is 0 Å². The third-order valence-corrected chi connectivity index (χ3v) is 5.52. The third-order valence-electron chi connectivity index (χ3n) is 5.52. The maximum atomic E-state index is 12.7. The molecule has 6 nitrogen and oxygen atoms in total. The summed E-state index contributed by atoms with van der Waals surface area (Å²) in [7, 11) is 1.66. The number of rotatable bonds is 6. The van der Waals surface area contributed by atoms with Crippen molar-refractivity contribution in [3.8, 4) is 5.75 Å². The molecule has 28 heavy (non-hydrogen) atoms. The second-order valence-electron chi connectivity index (χ2n) is 7.24. The van der Waals surface area contributed by atoms with E-state index in [4.69, 9.17) is 9.72 Å². The first-order valence-corrected chi connectivity index (χ1v) is 9.91. The summed E-state index contributed by atoms with van der Waals surface area (Å²) < 4.78 is 7.45. The number of pyridine rings is 1. The predicted octanol–water partition coefficient (Wildman–Crippen LogP) is 3.41. The molecule has 0 radical (unpaired) electrons. The molecule has 2 aromatic heterocycles. The van der Waals surface area contributed by atoms with E-state index in [1.165, 1.54) is 0 Å². The number of methoxy groups -OCH3 is 1. The molecule has 1 unspecified atom stereocenters. The van der Waals surface area contributed by atoms with Crippen molar-refractivity contribution in [3.63, 3.8) is 0 Å². The monoisotopic (exact) mass is 378 g/mol. The van der Waals surface area contributed by atoms with Crippen molar-refractivity contribution in [1.82, 2.24) is 19.4 Å². The molecule has 1 aliphatic rings. The molecule has 1 atom stereocenters. The van der Waals surface area contributed by atoms with Crippen molar-refractivity contribution in [2.45, 2.75) is 38.6 Å². The third kappa shape index (κ3) is 3.59. The Bertz CT molecular complexity index is 982. The van der Waals surface area contributed by atoms with Crippen molar-refractivity contribution in [2.75, 3.05) is 20.2 Å². The fraction of sp³-hybridized carbons (Fsp3) is 0.409. The largest absolute Gasteiger partial charge is 0.497 e. The van der Waals surface area contributed by atoms with Gasteiger partial charge in [0.25, 0.3) is 0 Å². The molecule has 6 heteroatoms. The number of imidazole rings is 1. The van der Waals surface area contributed by atoms with Crippen molar-refractivity contribution < 1.29 is 9.53 Å². The highest BCUT2D eigenvalue weighted by Crippen LogP contribution is 2.29. The maximum absolute atomic E-state index is 12.7. The van der Waals surface area contributed by atoms with Crippen LogP contribution in [0.15, 0.2) is 42.6 Å². The number of aromatic nitrogens is 3. The van der Waals surface area contributed by atoms with Crippen molar-refractivity contribution in [3.05, 3.63) is 54.0 Å². The van der Waals surface area contributed by atoms with Gasteiger partial charge in [-0.05, 0) is 49.6 Å². The molecule has 1 fully saturated rings. The normalized spacial score (nSPS) is 16.6. The first kappa shape index (κ1) is 18.5. The Balaban J connectivity index is 1.42. The number of amides is 1. The number of carbonyl (C=O) groups is 1. The predicted molar refractivity (Wildman–Crippen MR) is 108 cm³/mol. The highest BCUT2D eigenvalue weighted by atomic mass is 16.5. The van der Waals surface area contributed by atoms with Gasteiger partial charge < -0.3 is 14.2 Å². The minimum atomic E-state index is 0.211. The lowest BCUT2D eigenvalue weighted by Gasteiger charge is -2.17. The molecular weight excluding hydrogens is 352 g/mol. The van der Waals surface area contributed by atoms with Crippen LogP contribution in [-0.4, -0.2) is 45.5 Å². The van der Waals surface area contributed by atoms with Crippen LogP contribution in [0.3, 0.4) is 0 Å². The summed E-state index contributed by atoms with van der Waals surface area (Å²) in [6.07, 6.45) is 4.01. The van der Waals surface area contributed by atoms with Crippen LogP contribution >= 0.6 is 0 Å². The zero-order chi connectivity index (χ0) is 19.5. The van der Waals surface area contributed by atoms with Crippen LogP contribution in [0.4, 0.5) is 0 Å². The Hall–Kier alpha value is -2.89. The molecule has 3 aromatic rings. The number of likely N-dealkylation sites (tertiary alicyclic amines) is 1. The Kier molecular flexibility index (Phi) is 5.28. The van der Waals surface area contributed by atoms with E-state index in [1.807, 2.05) is 47.5 Å². The van der Waals surface area contributed by atoms with Crippen molar-refractivity contribution >= 4 is 17.1 Å². The molecule has 1 aromatic carbocycles. The SMILES string of the molecule is CCn1c(C2CCN(C(=O)CCc3cccc(OC)c3)C2)nc2cccnc21. The molecule has 0 aliphatic carbocycles. The Morgan fingerprint density at radius 2 is 2.18 bits per heavy atom. The summed E-state index contributed by atoms with van der Waals surface area (Å²) in [5.41, 5.74) is 2.99. The van der Waals surface area contributed by atoms with Gasteiger partial charge in [-0.1, -0.05) is 12.1 Å². The van der Waals surface area contributed by atoms with Gasteiger partial charge in [-0.3, -0.25) is 4.79 Å². The van der Waals surface area contributed by atoms with Crippen molar-refractivity contribution in [1.29, 1.82) is 0 Å². The van der Waals surface area contributed by atoms with E-state index in [2.05, 4.69) is 16.5 Å². The summed E-state index contributed by atoms with van der Waals surface area (Å²) in [5.74, 6) is 2.37. The van der Waals surface area contributed by atoms with Crippen LogP contribution in [0, 0.1) is 0 Å². The molecule has 0 spiro atoms. The number of fused-ring (bicyclic) bond motifs is 1. The molecule has 1 amide bonds. The first-order valence-electron chi connectivity index (χ1n) is 9.91. The van der Waals surface area contributed by atoms with E-state index in [0.29, 0.717) is 6.42 Å². The van der Waals surface area contributed by atoms with Gasteiger partial charge in [0.1, 0.15) is 17.1 Å². The lowest BCUT2D eigenvalue weighted by Crippen LogP contribution is -2.29. The molecule has 1 aliphatic heterocycles. The van der Waals surface area contributed by atoms with E-state index in [-0.39, 0.29) is 11.8 Å². The van der Waals surface area contributed by atoms with Gasteiger partial charge in [0, 0.05) is 38.2 Å². The smallest absolute Gasteiger partial charge is 0.222 e. The number of ether oxygens (including phenoxy) is 1. The van der Waals surface area contributed by atoms with Crippen LogP contribution in [-0.2, 0) is 17.8 Å². The molecule has 146 valence electrons. The quantitative estimate of drug-likeness (QED) is 0.660. The average Bonchev–Trinajstić information content (AvgIpc) is 3.36. The van der Waals surface area contributed by atoms with E-state index in [9.17, 15) is 4.79 Å². The molecule has 0 N–H and O–H groups in total. The highest BCUT2D eigenvalue weighted by Gasteiger charge is 2.30. The lowest BCUT2D eigenvalue weighted by molar-refractivity contribution is -0.130. The summed E-state index contributed by atoms with van der Waals surface area (Å²) >= 11 is 0. The van der Waals surface area contributed by atoms with Gasteiger partial charge in [-0.2, -0.15) is 0 Å². The minimum absolute atomic E-state index is 0.211. The topological polar surface area (TPSA) is 60.2 Å². The van der Waals surface area contributed by atoms with Crippen LogP contribution in [0.5, 0.6) is 5.75 Å². The van der Waals surface area contributed by atoms with Gasteiger partial charge >= 0.3 is 0 Å². The summed E-state index contributed by atoms with van der Waals surface area (Å²) in [4.78, 5) is 24.0. The molecule has 1 saturated heterocycles. The fourth-order valence-corrected chi connectivity index (χ4v) is 4.03. The second-order valence-corrected chi connectivity index (χ2v) is 7.24. The van der Waals surface area contributed by atoms with E-state index in [1.54, 1.807) is 7.11 Å². The van der Waals surface area contributed by atoms with E-state index < -0.39 is 0 Å². The fourth-order valence-electron chi connectivity index (χ4n) is 4.03. The maximum Gasteiger partial charge on any atom is 0.222 e. The number of nitrogens with zero attached hydrogens (tertiary/aromatic N) is 4. The van der Waals surface area contributed by atoms with Crippen LogP contribution < -0.4 is 4.74 Å². The molecule has 0 bridgehead atoms. The average molecular weight is 378 g/mol. The summed E-state index contributed by atoms with van der Waals surface area (Å²) in [6.45, 7) is 4.48. The Morgan fingerprint density at radius 1 is 1.29 bits per heavy atom. The van der Waals surface area contributed by atoms with E-state index in [0.717, 1.165) is 60.8 Å². The van der Waals surface area contributed by atoms with Gasteiger partial charge in [0.15, 0.2) is 5.65 Å². The molecule has 0 saturated carbocycles. The minimum Gasteiger partial charge on any atom is -0.497 e. The highest BCUT2D eigenvalue weighted by molar-refractivity contribution is 5.77. The number of aryl methyl sites for hydroxylation is 2. The summed E-state index contributed by atoms with van der Waals surface area (Å²) in [6, 6.07) is 11.8. The molecular formula is C22H26N4O2. The number of hydrogen-bond donors (Lipinski definition) is 0. The lowest BCUT2D eigenvalue weighted by atomic mass is 10.1. The second kappa shape index (κ2) is 8.00. The first-order chi connectivity index (χ1) is 13.7. The zero-order valence-corrected chi connectivity index (χ0v) is 16.5. The summed E-state index contributed by atoms with van der Waals surface area (Å²) in [5, 5.41) is 0. The van der Waals surface area contributed by atoms with Crippen LogP contribution in [0.2, 0.25) is 0 Å². The van der Waals surface area contributed by atoms with Gasteiger partial charge in [0.2, 0.25) is 5.91 Å². The Labute approximate surface area is 165 Å². The van der Waals surface area contributed by atoms with Gasteiger partial charge in [-0.15, -0.1) is 0 Å². The number of carbonyl (C=O) groups excluding carboxylic acids is 1. The standard InChI is InChI=1S/C22H26N4O2/c1-3-26-21(24-19-8-5-12-23-22(19)26)17-11-13-25(15-17)20(27)10-9-16-6-4-7-18(14-16)28-2/h4-8,12,14,17H,3,9-11,13,15H2,1-2H3. The van der Waals surface area contributed by atoms with E-state index >= 15 is 0 Å². The molecule has 4 rings (SSSR count). The van der Waals surface area contributed by atoms with Crippen LogP contribution in [0.1, 0.15) is 37.1 Å². The van der Waals surface area contributed by atoms with Crippen LogP contribution in [0.25, 0.3) is 11.2 Å². The van der Waals surface area contributed by atoms with Gasteiger partial charge in [0.05, 0.1) is 7.11 Å². The van der Waals surface area contributed by atoms with Gasteiger partial charge in [-0.25, -0.2) is 9.97 Å². The Morgan fingerprint density at radius 3 is 3.00 bits per heavy atom.